The number of para-hydroxylation sites is 1. The summed E-state index contributed by atoms with van der Waals surface area (Å²) in [5.41, 5.74) is 4.57. The predicted molar refractivity (Wildman–Crippen MR) is 105 cm³/mol. The Morgan fingerprint density at radius 1 is 0.963 bits per heavy atom. The molecule has 0 unspecified atom stereocenters. The predicted octanol–water partition coefficient (Wildman–Crippen LogP) is 3.75. The average molecular weight is 355 g/mol. The number of hydrogen-bond acceptors (Lipinski definition) is 3. The fraction of sp³-hybridized carbons (Fsp3) is 0.0455. The van der Waals surface area contributed by atoms with Gasteiger partial charge in [-0.2, -0.15) is 0 Å². The van der Waals surface area contributed by atoms with E-state index in [1.165, 1.54) is 0 Å². The molecule has 0 radical (unpaired) electrons. The maximum atomic E-state index is 11.9. The van der Waals surface area contributed by atoms with Gasteiger partial charge < -0.3 is 9.88 Å². The second-order valence-electron chi connectivity index (χ2n) is 6.15. The van der Waals surface area contributed by atoms with Crippen molar-refractivity contribution in [1.29, 1.82) is 0 Å². The lowest BCUT2D eigenvalue weighted by molar-refractivity contribution is -0.127. The Hall–Kier alpha value is -3.73. The van der Waals surface area contributed by atoms with Crippen LogP contribution in [0, 0.1) is 0 Å². The average Bonchev–Trinajstić information content (AvgIpc) is 3.02. The first-order valence-electron chi connectivity index (χ1n) is 8.60. The lowest BCUT2D eigenvalue weighted by atomic mass is 10.1. The van der Waals surface area contributed by atoms with E-state index in [2.05, 4.69) is 14.9 Å². The molecule has 27 heavy (non-hydrogen) atoms. The molecule has 1 N–H and O–H groups in total. The Morgan fingerprint density at radius 2 is 1.67 bits per heavy atom. The summed E-state index contributed by atoms with van der Waals surface area (Å²) in [5.74, 6) is -0.665. The fourth-order valence-electron chi connectivity index (χ4n) is 3.33. The summed E-state index contributed by atoms with van der Waals surface area (Å²) in [5, 5.41) is 3.65. The second kappa shape index (κ2) is 7.25. The molecule has 2 aromatic heterocycles. The molecule has 0 saturated carbocycles. The monoisotopic (exact) mass is 355 g/mol. The first kappa shape index (κ1) is 16.7. The molecular formula is C22H17N3O2. The number of fused-ring (bicyclic) bond motifs is 1. The van der Waals surface area contributed by atoms with Crippen LogP contribution in [0.3, 0.4) is 0 Å². The Balaban J connectivity index is 1.99. The van der Waals surface area contributed by atoms with Crippen molar-refractivity contribution in [3.63, 3.8) is 0 Å². The number of carbonyl (C=O) groups is 2. The van der Waals surface area contributed by atoms with Crippen LogP contribution in [0.4, 0.5) is 5.69 Å². The van der Waals surface area contributed by atoms with E-state index in [-0.39, 0.29) is 0 Å². The van der Waals surface area contributed by atoms with E-state index in [9.17, 15) is 9.59 Å². The summed E-state index contributed by atoms with van der Waals surface area (Å²) in [6, 6.07) is 21.7. The van der Waals surface area contributed by atoms with Gasteiger partial charge in [-0.15, -0.1) is 0 Å². The SMILES string of the molecule is O=CC(=O)Nc1c(Cc2ccccc2)n(-c2ccncc2)c2ccccc12. The van der Waals surface area contributed by atoms with Crippen molar-refractivity contribution < 1.29 is 9.59 Å². The van der Waals surface area contributed by atoms with Crippen molar-refractivity contribution in [3.8, 4) is 5.69 Å². The van der Waals surface area contributed by atoms with E-state index in [0.717, 1.165) is 27.8 Å². The number of aldehydes is 1. The third-order valence-electron chi connectivity index (χ3n) is 4.46. The molecule has 1 amide bonds. The lowest BCUT2D eigenvalue weighted by Crippen LogP contribution is -2.14. The first-order chi connectivity index (χ1) is 13.3. The number of benzene rings is 2. The molecule has 5 nitrogen and oxygen atoms in total. The largest absolute Gasteiger partial charge is 0.318 e. The van der Waals surface area contributed by atoms with Crippen molar-refractivity contribution in [2.45, 2.75) is 6.42 Å². The zero-order valence-electron chi connectivity index (χ0n) is 14.5. The highest BCUT2D eigenvalue weighted by Gasteiger charge is 2.20. The van der Waals surface area contributed by atoms with Crippen LogP contribution >= 0.6 is 0 Å². The van der Waals surface area contributed by atoms with Gasteiger partial charge in [0.15, 0.2) is 0 Å². The molecule has 0 spiro atoms. The summed E-state index contributed by atoms with van der Waals surface area (Å²) in [6.07, 6.45) is 4.37. The van der Waals surface area contributed by atoms with Crippen molar-refractivity contribution >= 4 is 28.8 Å². The molecule has 0 aliphatic rings. The maximum absolute atomic E-state index is 11.9. The van der Waals surface area contributed by atoms with Gasteiger partial charge in [0.1, 0.15) is 0 Å². The molecule has 0 fully saturated rings. The van der Waals surface area contributed by atoms with Crippen LogP contribution in [0.1, 0.15) is 11.3 Å². The van der Waals surface area contributed by atoms with Crippen molar-refractivity contribution in [2.24, 2.45) is 0 Å². The Labute approximate surface area is 156 Å². The number of pyridine rings is 1. The van der Waals surface area contributed by atoms with Crippen LogP contribution in [0.15, 0.2) is 79.1 Å². The van der Waals surface area contributed by atoms with Crippen molar-refractivity contribution in [1.82, 2.24) is 9.55 Å². The maximum Gasteiger partial charge on any atom is 0.288 e. The van der Waals surface area contributed by atoms with Gasteiger partial charge in [0.2, 0.25) is 6.29 Å². The summed E-state index contributed by atoms with van der Waals surface area (Å²) in [7, 11) is 0. The smallest absolute Gasteiger partial charge is 0.288 e. The molecule has 0 atom stereocenters. The van der Waals surface area contributed by atoms with Crippen LogP contribution in [-0.2, 0) is 16.0 Å². The van der Waals surface area contributed by atoms with Crippen molar-refractivity contribution in [2.75, 3.05) is 5.32 Å². The Kier molecular flexibility index (Phi) is 4.49. The van der Waals surface area contributed by atoms with E-state index in [1.54, 1.807) is 12.4 Å². The molecule has 4 rings (SSSR count). The lowest BCUT2D eigenvalue weighted by Gasteiger charge is -2.12. The molecule has 0 aliphatic carbocycles. The molecule has 0 aliphatic heterocycles. The number of carbonyl (C=O) groups excluding carboxylic acids is 2. The van der Waals surface area contributed by atoms with Gasteiger partial charge in [-0.05, 0) is 23.8 Å². The third-order valence-corrected chi connectivity index (χ3v) is 4.46. The summed E-state index contributed by atoms with van der Waals surface area (Å²) >= 11 is 0. The van der Waals surface area contributed by atoms with Gasteiger partial charge >= 0.3 is 0 Å². The van der Waals surface area contributed by atoms with Gasteiger partial charge in [0.05, 0.1) is 16.9 Å². The molecule has 2 heterocycles. The minimum atomic E-state index is -0.665. The molecule has 0 saturated heterocycles. The van der Waals surface area contributed by atoms with Crippen LogP contribution in [0.25, 0.3) is 16.6 Å². The minimum absolute atomic E-state index is 0.296. The second-order valence-corrected chi connectivity index (χ2v) is 6.15. The van der Waals surface area contributed by atoms with E-state index in [0.29, 0.717) is 18.4 Å². The highest BCUT2D eigenvalue weighted by molar-refractivity contribution is 6.30. The standard InChI is InChI=1S/C22H17N3O2/c26-15-21(27)24-22-18-8-4-5-9-19(18)25(17-10-12-23-13-11-17)20(22)14-16-6-2-1-3-7-16/h1-13,15H,14H2,(H,24,27). The Bertz CT molecular complexity index is 1100. The molecule has 5 heteroatoms. The zero-order chi connectivity index (χ0) is 18.6. The molecule has 132 valence electrons. The molecule has 4 aromatic rings. The van der Waals surface area contributed by atoms with Gasteiger partial charge in [0, 0.05) is 29.9 Å². The van der Waals surface area contributed by atoms with Crippen LogP contribution in [0.5, 0.6) is 0 Å². The van der Waals surface area contributed by atoms with E-state index in [4.69, 9.17) is 0 Å². The normalized spacial score (nSPS) is 10.7. The zero-order valence-corrected chi connectivity index (χ0v) is 14.5. The minimum Gasteiger partial charge on any atom is -0.318 e. The molecule has 2 aromatic carbocycles. The highest BCUT2D eigenvalue weighted by Crippen LogP contribution is 2.35. The number of nitrogens with one attached hydrogen (secondary N) is 1. The van der Waals surface area contributed by atoms with Gasteiger partial charge in [-0.25, -0.2) is 0 Å². The quantitative estimate of drug-likeness (QED) is 0.438. The summed E-state index contributed by atoms with van der Waals surface area (Å²) in [4.78, 5) is 26.9. The van der Waals surface area contributed by atoms with Crippen LogP contribution in [0.2, 0.25) is 0 Å². The highest BCUT2D eigenvalue weighted by atomic mass is 16.2. The van der Waals surface area contributed by atoms with Crippen molar-refractivity contribution in [3.05, 3.63) is 90.4 Å². The number of nitrogens with zero attached hydrogens (tertiary/aromatic N) is 2. The van der Waals surface area contributed by atoms with Gasteiger partial charge in [-0.1, -0.05) is 48.5 Å². The van der Waals surface area contributed by atoms with E-state index in [1.807, 2.05) is 66.7 Å². The van der Waals surface area contributed by atoms with Crippen LogP contribution < -0.4 is 5.32 Å². The molecular weight excluding hydrogens is 338 g/mol. The number of rotatable bonds is 5. The van der Waals surface area contributed by atoms with Crippen LogP contribution in [-0.4, -0.2) is 21.7 Å². The number of amides is 1. The number of anilines is 1. The fourth-order valence-corrected chi connectivity index (χ4v) is 3.33. The van der Waals surface area contributed by atoms with Gasteiger partial charge in [-0.3, -0.25) is 14.6 Å². The number of hydrogen-bond donors (Lipinski definition) is 1. The number of aromatic nitrogens is 2. The van der Waals surface area contributed by atoms with E-state index >= 15 is 0 Å². The third kappa shape index (κ3) is 3.22. The van der Waals surface area contributed by atoms with E-state index < -0.39 is 5.91 Å². The summed E-state index contributed by atoms with van der Waals surface area (Å²) < 4.78 is 2.10. The van der Waals surface area contributed by atoms with Gasteiger partial charge in [0.25, 0.3) is 5.91 Å². The molecule has 0 bridgehead atoms. The Morgan fingerprint density at radius 3 is 2.41 bits per heavy atom. The topological polar surface area (TPSA) is 64.0 Å². The summed E-state index contributed by atoms with van der Waals surface area (Å²) in [6.45, 7) is 0. The first-order valence-corrected chi connectivity index (χ1v) is 8.60.